The molecule has 1 saturated heterocycles. The summed E-state index contributed by atoms with van der Waals surface area (Å²) in [5.41, 5.74) is -2.81. The molecule has 0 N–H and O–H groups in total. The van der Waals surface area contributed by atoms with Crippen molar-refractivity contribution in [3.8, 4) is 0 Å². The minimum atomic E-state index is -4.57. The first-order valence-corrected chi connectivity index (χ1v) is 5.75. The van der Waals surface area contributed by atoms with E-state index >= 15 is 0 Å². The van der Waals surface area contributed by atoms with E-state index in [9.17, 15) is 13.2 Å². The fourth-order valence-corrected chi connectivity index (χ4v) is 1.51. The van der Waals surface area contributed by atoms with E-state index in [0.717, 1.165) is 11.4 Å². The van der Waals surface area contributed by atoms with Crippen molar-refractivity contribution < 1.29 is 22.8 Å². The third-order valence-corrected chi connectivity index (χ3v) is 3.32. The molecule has 0 aliphatic carbocycles. The van der Waals surface area contributed by atoms with Gasteiger partial charge in [-0.15, -0.1) is 5.23 Å². The lowest BCUT2D eigenvalue weighted by Gasteiger charge is -2.26. The lowest BCUT2D eigenvalue weighted by molar-refractivity contribution is -0.142. The zero-order valence-corrected chi connectivity index (χ0v) is 11.1. The van der Waals surface area contributed by atoms with E-state index in [1.165, 1.54) is 12.1 Å². The zero-order valence-electron chi connectivity index (χ0n) is 11.1. The Hall–Kier alpha value is -1.34. The van der Waals surface area contributed by atoms with Gasteiger partial charge in [-0.3, -0.25) is 0 Å². The van der Waals surface area contributed by atoms with E-state index in [2.05, 4.69) is 4.98 Å². The first-order valence-electron chi connectivity index (χ1n) is 5.75. The number of alkyl halides is 3. The summed E-state index contributed by atoms with van der Waals surface area (Å²) < 4.78 is 38.7. The Balaban J connectivity index is 2.41. The quantitative estimate of drug-likeness (QED) is 0.788. The summed E-state index contributed by atoms with van der Waals surface area (Å²) in [6, 6.07) is 2.66. The third kappa shape index (κ3) is 2.40. The number of halogens is 3. The number of aromatic nitrogens is 1. The van der Waals surface area contributed by atoms with Gasteiger partial charge in [0.25, 0.3) is 0 Å². The van der Waals surface area contributed by atoms with Gasteiger partial charge in [0, 0.05) is 6.20 Å². The predicted molar refractivity (Wildman–Crippen MR) is 62.0 cm³/mol. The number of hydrogen-bond acceptors (Lipinski definition) is 4. The molecule has 2 rings (SSSR count). The van der Waals surface area contributed by atoms with Crippen LogP contribution in [-0.2, 0) is 15.9 Å². The highest BCUT2D eigenvalue weighted by molar-refractivity contribution is 5.48. The van der Waals surface area contributed by atoms with Gasteiger partial charge >= 0.3 is 6.18 Å². The molecule has 0 amide bonds. The molecule has 106 valence electrons. The van der Waals surface area contributed by atoms with Crippen molar-refractivity contribution >= 4 is 5.69 Å². The summed E-state index contributed by atoms with van der Waals surface area (Å²) in [5, 5.41) is 0.801. The molecular formula is C12H15F3N2O2. The van der Waals surface area contributed by atoms with Gasteiger partial charge in [0.2, 0.25) is 0 Å². The van der Waals surface area contributed by atoms with Crippen LogP contribution in [-0.4, -0.2) is 16.2 Å². The molecule has 1 fully saturated rings. The average molecular weight is 276 g/mol. The van der Waals surface area contributed by atoms with Crippen molar-refractivity contribution in [1.82, 2.24) is 4.98 Å². The Labute approximate surface area is 109 Å². The van der Waals surface area contributed by atoms with Gasteiger partial charge in [0.15, 0.2) is 5.69 Å². The van der Waals surface area contributed by atoms with E-state index in [1.807, 2.05) is 0 Å². The highest BCUT2D eigenvalue weighted by atomic mass is 19.4. The Morgan fingerprint density at radius 1 is 1.11 bits per heavy atom. The van der Waals surface area contributed by atoms with Crippen LogP contribution in [0.15, 0.2) is 18.3 Å². The number of nitrogens with zero attached hydrogens (tertiary/aromatic N) is 2. The molecule has 0 spiro atoms. The monoisotopic (exact) mass is 276 g/mol. The summed E-state index contributed by atoms with van der Waals surface area (Å²) in [6.07, 6.45) is -3.49. The molecule has 0 aromatic carbocycles. The fourth-order valence-electron chi connectivity index (χ4n) is 1.51. The van der Waals surface area contributed by atoms with Crippen LogP contribution in [0, 0.1) is 0 Å². The van der Waals surface area contributed by atoms with Gasteiger partial charge in [-0.1, -0.05) is 0 Å². The number of hydrogen-bond donors (Lipinski definition) is 0. The molecule has 2 heterocycles. The first-order chi connectivity index (χ1) is 8.55. The molecular weight excluding hydrogens is 261 g/mol. The zero-order chi connectivity index (χ0) is 14.5. The molecule has 0 radical (unpaired) electrons. The maximum atomic E-state index is 12.9. The second-order valence-electron chi connectivity index (χ2n) is 5.33. The normalized spacial score (nSPS) is 21.7. The van der Waals surface area contributed by atoms with Crippen LogP contribution in [0.25, 0.3) is 0 Å². The number of pyridine rings is 1. The Kier molecular flexibility index (Phi) is 3.02. The number of anilines is 1. The van der Waals surface area contributed by atoms with Crippen molar-refractivity contribution in [3.05, 3.63) is 24.0 Å². The molecule has 0 bridgehead atoms. The van der Waals surface area contributed by atoms with E-state index in [1.54, 1.807) is 27.7 Å². The first kappa shape index (κ1) is 14.1. The minimum Gasteiger partial charge on any atom is -0.250 e. The van der Waals surface area contributed by atoms with Crippen LogP contribution in [0.1, 0.15) is 33.4 Å². The Bertz CT molecular complexity index is 470. The molecule has 0 unspecified atom stereocenters. The SMILES string of the molecule is CC1(C)ON(c2cccnc2C(F)(F)F)OC1(C)C. The highest BCUT2D eigenvalue weighted by Gasteiger charge is 2.51. The van der Waals surface area contributed by atoms with Crippen LogP contribution >= 0.6 is 0 Å². The molecule has 0 saturated carbocycles. The molecule has 0 atom stereocenters. The number of rotatable bonds is 1. The van der Waals surface area contributed by atoms with Crippen molar-refractivity contribution in [3.63, 3.8) is 0 Å². The van der Waals surface area contributed by atoms with Crippen LogP contribution in [0.3, 0.4) is 0 Å². The second kappa shape index (κ2) is 4.08. The van der Waals surface area contributed by atoms with Gasteiger partial charge in [0.1, 0.15) is 16.9 Å². The molecule has 19 heavy (non-hydrogen) atoms. The van der Waals surface area contributed by atoms with Crippen molar-refractivity contribution in [2.45, 2.75) is 45.1 Å². The molecule has 1 aromatic heterocycles. The van der Waals surface area contributed by atoms with Crippen molar-refractivity contribution in [2.24, 2.45) is 0 Å². The maximum Gasteiger partial charge on any atom is 0.435 e. The molecule has 1 aliphatic rings. The van der Waals surface area contributed by atoms with E-state index in [0.29, 0.717) is 0 Å². The van der Waals surface area contributed by atoms with Gasteiger partial charge < -0.3 is 0 Å². The summed E-state index contributed by atoms with van der Waals surface area (Å²) in [7, 11) is 0. The van der Waals surface area contributed by atoms with Crippen molar-refractivity contribution in [1.29, 1.82) is 0 Å². The van der Waals surface area contributed by atoms with Crippen LogP contribution in [0.5, 0.6) is 0 Å². The summed E-state index contributed by atoms with van der Waals surface area (Å²) >= 11 is 0. The van der Waals surface area contributed by atoms with Crippen molar-refractivity contribution in [2.75, 3.05) is 5.23 Å². The van der Waals surface area contributed by atoms with E-state index in [4.69, 9.17) is 9.68 Å². The summed E-state index contributed by atoms with van der Waals surface area (Å²) in [5.74, 6) is 0. The molecule has 4 nitrogen and oxygen atoms in total. The maximum absolute atomic E-state index is 12.9. The lowest BCUT2D eigenvalue weighted by atomic mass is 9.90. The van der Waals surface area contributed by atoms with Gasteiger partial charge in [-0.05, 0) is 39.8 Å². The summed E-state index contributed by atoms with van der Waals surface area (Å²) in [4.78, 5) is 14.3. The molecule has 7 heteroatoms. The van der Waals surface area contributed by atoms with E-state index < -0.39 is 23.1 Å². The third-order valence-electron chi connectivity index (χ3n) is 3.32. The molecule has 1 aromatic rings. The van der Waals surface area contributed by atoms with Crippen LogP contribution in [0.2, 0.25) is 0 Å². The topological polar surface area (TPSA) is 34.6 Å². The highest BCUT2D eigenvalue weighted by Crippen LogP contribution is 2.43. The molecule has 1 aliphatic heterocycles. The van der Waals surface area contributed by atoms with Gasteiger partial charge in [0.05, 0.1) is 0 Å². The fraction of sp³-hybridized carbons (Fsp3) is 0.583. The Morgan fingerprint density at radius 3 is 2.11 bits per heavy atom. The average Bonchev–Trinajstić information content (AvgIpc) is 2.47. The smallest absolute Gasteiger partial charge is 0.250 e. The van der Waals surface area contributed by atoms with Crippen LogP contribution < -0.4 is 5.23 Å². The van der Waals surface area contributed by atoms with E-state index in [-0.39, 0.29) is 5.69 Å². The lowest BCUT2D eigenvalue weighted by Crippen LogP contribution is -2.41. The van der Waals surface area contributed by atoms with Gasteiger partial charge in [-0.2, -0.15) is 13.2 Å². The largest absolute Gasteiger partial charge is 0.435 e. The second-order valence-corrected chi connectivity index (χ2v) is 5.33. The van der Waals surface area contributed by atoms with Gasteiger partial charge in [-0.25, -0.2) is 14.7 Å². The predicted octanol–water partition coefficient (Wildman–Crippen LogP) is 3.34. The summed E-state index contributed by atoms with van der Waals surface area (Å²) in [6.45, 7) is 6.99. The standard InChI is InChI=1S/C12H15F3N2O2/c1-10(2)11(3,4)19-17(18-10)8-6-5-7-16-9(8)12(13,14)15/h5-7H,1-4H3. The van der Waals surface area contributed by atoms with Crippen LogP contribution in [0.4, 0.5) is 18.9 Å². The minimum absolute atomic E-state index is 0.256. The Morgan fingerprint density at radius 2 is 1.63 bits per heavy atom.